The molecular weight excluding hydrogens is 396 g/mol. The largest absolute Gasteiger partial charge is 0.354 e. The third-order valence-corrected chi connectivity index (χ3v) is 7.21. The predicted octanol–water partition coefficient (Wildman–Crippen LogP) is 3.93. The van der Waals surface area contributed by atoms with Crippen molar-refractivity contribution in [3.8, 4) is 11.3 Å². The van der Waals surface area contributed by atoms with Crippen molar-refractivity contribution in [2.45, 2.75) is 45.6 Å². The smallest absolute Gasteiger partial charge is 0.264 e. The number of rotatable bonds is 4. The van der Waals surface area contributed by atoms with Crippen LogP contribution in [0, 0.1) is 6.92 Å². The molecule has 3 N–H and O–H groups in total. The number of aromatic amines is 1. The van der Waals surface area contributed by atoms with E-state index >= 15 is 0 Å². The summed E-state index contributed by atoms with van der Waals surface area (Å²) in [7, 11) is 0. The molecule has 0 aromatic carbocycles. The number of likely N-dealkylation sites (tertiary alicyclic amines) is 1. The highest BCUT2D eigenvalue weighted by molar-refractivity contribution is 7.21. The summed E-state index contributed by atoms with van der Waals surface area (Å²) < 4.78 is 2.97. The first kappa shape index (κ1) is 19.3. The zero-order valence-corrected chi connectivity index (χ0v) is 18.3. The number of aromatic nitrogens is 4. The van der Waals surface area contributed by atoms with E-state index in [1.165, 1.54) is 5.56 Å². The van der Waals surface area contributed by atoms with Crippen LogP contribution in [0.15, 0.2) is 24.7 Å². The average Bonchev–Trinajstić information content (AvgIpc) is 3.48. The summed E-state index contributed by atoms with van der Waals surface area (Å²) in [5, 5.41) is 4.31. The van der Waals surface area contributed by atoms with E-state index in [2.05, 4.69) is 41.9 Å². The van der Waals surface area contributed by atoms with E-state index in [-0.39, 0.29) is 11.9 Å². The van der Waals surface area contributed by atoms with Crippen LogP contribution >= 0.6 is 11.3 Å². The molecule has 4 aromatic heterocycles. The van der Waals surface area contributed by atoms with Gasteiger partial charge in [0.15, 0.2) is 5.65 Å². The van der Waals surface area contributed by atoms with Gasteiger partial charge < -0.3 is 15.6 Å². The van der Waals surface area contributed by atoms with Crippen molar-refractivity contribution >= 4 is 33.1 Å². The Morgan fingerprint density at radius 3 is 3.00 bits per heavy atom. The maximum Gasteiger partial charge on any atom is 0.264 e. The summed E-state index contributed by atoms with van der Waals surface area (Å²) in [6.07, 6.45) is 5.62. The van der Waals surface area contributed by atoms with Crippen molar-refractivity contribution < 1.29 is 4.79 Å². The number of fused-ring (bicyclic) bond motifs is 2. The van der Waals surface area contributed by atoms with Gasteiger partial charge in [-0.05, 0) is 48.9 Å². The Hall–Kier alpha value is -2.71. The molecule has 7 nitrogen and oxygen atoms in total. The van der Waals surface area contributed by atoms with Crippen LogP contribution in [-0.2, 0) is 0 Å². The fourth-order valence-electron chi connectivity index (χ4n) is 4.60. The monoisotopic (exact) mass is 422 g/mol. The molecule has 0 saturated carbocycles. The van der Waals surface area contributed by atoms with E-state index in [9.17, 15) is 4.79 Å². The van der Waals surface area contributed by atoms with Crippen molar-refractivity contribution in [2.75, 3.05) is 13.1 Å². The van der Waals surface area contributed by atoms with E-state index in [1.807, 2.05) is 21.7 Å². The lowest BCUT2D eigenvalue weighted by Gasteiger charge is -2.22. The van der Waals surface area contributed by atoms with Gasteiger partial charge in [-0.1, -0.05) is 13.8 Å². The number of carbonyl (C=O) groups excluding carboxylic acids is 1. The van der Waals surface area contributed by atoms with Crippen molar-refractivity contribution in [3.63, 3.8) is 0 Å². The third kappa shape index (κ3) is 2.94. The molecule has 8 heteroatoms. The molecule has 0 radical (unpaired) electrons. The number of nitrogens with zero attached hydrogens (tertiary/aromatic N) is 4. The molecule has 5 rings (SSSR count). The Bertz CT molecular complexity index is 1250. The highest BCUT2D eigenvalue weighted by Gasteiger charge is 2.30. The number of hydrogen-bond donors (Lipinski definition) is 2. The minimum Gasteiger partial charge on any atom is -0.354 e. The zero-order valence-electron chi connectivity index (χ0n) is 17.5. The van der Waals surface area contributed by atoms with Gasteiger partial charge in [0.2, 0.25) is 0 Å². The lowest BCUT2D eigenvalue weighted by Crippen LogP contribution is -2.39. The Kier molecular flexibility index (Phi) is 4.63. The van der Waals surface area contributed by atoms with Crippen LogP contribution < -0.4 is 5.73 Å². The zero-order chi connectivity index (χ0) is 21.0. The second kappa shape index (κ2) is 7.21. The van der Waals surface area contributed by atoms with Gasteiger partial charge in [-0.25, -0.2) is 9.50 Å². The summed E-state index contributed by atoms with van der Waals surface area (Å²) in [5.41, 5.74) is 12.2. The number of H-pyrrole nitrogens is 1. The topological polar surface area (TPSA) is 92.3 Å². The molecule has 0 bridgehead atoms. The van der Waals surface area contributed by atoms with Crippen LogP contribution in [-0.4, -0.2) is 49.5 Å². The number of hydrogen-bond acceptors (Lipinski definition) is 5. The molecule has 1 amide bonds. The Labute approximate surface area is 178 Å². The fraction of sp³-hybridized carbons (Fsp3) is 0.409. The number of nitrogens with one attached hydrogen (secondary N) is 1. The minimum atomic E-state index is 0.105. The standard InChI is InChI=1S/C22H26N6OS/c1-12(2)18-19(14-7-13(3)21-24-11-25-28(21)10-14)26-16-8-17(30-20(16)18)22(29)27-6-4-5-15(27)9-23/h7-8,10-12,15,26H,4-6,9,23H2,1-3H3/t15-/m0/s1. The summed E-state index contributed by atoms with van der Waals surface area (Å²) in [6, 6.07) is 4.31. The van der Waals surface area contributed by atoms with Crippen LogP contribution in [0.2, 0.25) is 0 Å². The Morgan fingerprint density at radius 1 is 1.40 bits per heavy atom. The molecule has 156 valence electrons. The molecule has 5 heterocycles. The highest BCUT2D eigenvalue weighted by Crippen LogP contribution is 2.40. The van der Waals surface area contributed by atoms with Crippen LogP contribution in [0.1, 0.15) is 53.4 Å². The summed E-state index contributed by atoms with van der Waals surface area (Å²) in [4.78, 5) is 23.8. The van der Waals surface area contributed by atoms with Gasteiger partial charge in [0.1, 0.15) is 6.33 Å². The maximum atomic E-state index is 13.1. The van der Waals surface area contributed by atoms with Gasteiger partial charge in [-0.3, -0.25) is 4.79 Å². The second-order valence-corrected chi connectivity index (χ2v) is 9.44. The molecule has 4 aromatic rings. The van der Waals surface area contributed by atoms with Crippen LogP contribution in [0.25, 0.3) is 27.1 Å². The van der Waals surface area contributed by atoms with Crippen molar-refractivity contribution in [3.05, 3.63) is 40.7 Å². The number of amides is 1. The first-order valence-electron chi connectivity index (χ1n) is 10.4. The molecule has 0 spiro atoms. The molecule has 30 heavy (non-hydrogen) atoms. The molecule has 0 unspecified atom stereocenters. The van der Waals surface area contributed by atoms with E-state index < -0.39 is 0 Å². The van der Waals surface area contributed by atoms with E-state index in [0.29, 0.717) is 12.5 Å². The van der Waals surface area contributed by atoms with Crippen molar-refractivity contribution in [1.29, 1.82) is 0 Å². The van der Waals surface area contributed by atoms with Gasteiger partial charge in [0, 0.05) is 30.9 Å². The Morgan fingerprint density at radius 2 is 2.23 bits per heavy atom. The molecule has 1 atom stereocenters. The number of pyridine rings is 1. The summed E-state index contributed by atoms with van der Waals surface area (Å²) in [5.74, 6) is 0.416. The second-order valence-electron chi connectivity index (χ2n) is 8.39. The lowest BCUT2D eigenvalue weighted by atomic mass is 9.99. The third-order valence-electron chi connectivity index (χ3n) is 6.05. The normalized spacial score (nSPS) is 17.1. The maximum absolute atomic E-state index is 13.1. The number of carbonyl (C=O) groups is 1. The van der Waals surface area contributed by atoms with Crippen molar-refractivity contribution in [1.82, 2.24) is 24.5 Å². The molecule has 1 aliphatic rings. The molecule has 1 fully saturated rings. The SMILES string of the molecule is Cc1cc(-c2[nH]c3cc(C(=O)N4CCC[C@H]4CN)sc3c2C(C)C)cn2ncnc12. The number of nitrogens with two attached hydrogens (primary N) is 1. The minimum absolute atomic E-state index is 0.105. The van der Waals surface area contributed by atoms with Crippen LogP contribution in [0.5, 0.6) is 0 Å². The van der Waals surface area contributed by atoms with Crippen molar-refractivity contribution in [2.24, 2.45) is 5.73 Å². The van der Waals surface area contributed by atoms with Gasteiger partial charge in [0.05, 0.1) is 20.8 Å². The van der Waals surface area contributed by atoms with Gasteiger partial charge in [-0.2, -0.15) is 5.10 Å². The van der Waals surface area contributed by atoms with Gasteiger partial charge in [0.25, 0.3) is 5.91 Å². The predicted molar refractivity (Wildman–Crippen MR) is 120 cm³/mol. The summed E-state index contributed by atoms with van der Waals surface area (Å²) in [6.45, 7) is 7.76. The molecule has 1 aliphatic heterocycles. The molecule has 1 saturated heterocycles. The quantitative estimate of drug-likeness (QED) is 0.521. The van der Waals surface area contributed by atoms with Crippen LogP contribution in [0.3, 0.4) is 0 Å². The van der Waals surface area contributed by atoms with E-state index in [1.54, 1.807) is 17.7 Å². The molecule has 0 aliphatic carbocycles. The average molecular weight is 423 g/mol. The summed E-state index contributed by atoms with van der Waals surface area (Å²) >= 11 is 1.59. The first-order valence-corrected chi connectivity index (χ1v) is 11.3. The van der Waals surface area contributed by atoms with Crippen LogP contribution in [0.4, 0.5) is 0 Å². The van der Waals surface area contributed by atoms with Gasteiger partial charge >= 0.3 is 0 Å². The van der Waals surface area contributed by atoms with E-state index in [0.717, 1.165) is 56.9 Å². The lowest BCUT2D eigenvalue weighted by molar-refractivity contribution is 0.0746. The number of thiophene rings is 1. The number of aryl methyl sites for hydroxylation is 1. The fourth-order valence-corrected chi connectivity index (χ4v) is 5.87. The highest BCUT2D eigenvalue weighted by atomic mass is 32.1. The molecular formula is C22H26N6OS. The van der Waals surface area contributed by atoms with E-state index in [4.69, 9.17) is 5.73 Å². The Balaban J connectivity index is 1.60. The van der Waals surface area contributed by atoms with Gasteiger partial charge in [-0.15, -0.1) is 11.3 Å². The first-order chi connectivity index (χ1) is 14.5.